The number of halogens is 2. The van der Waals surface area contributed by atoms with Crippen molar-refractivity contribution in [1.29, 1.82) is 0 Å². The molecule has 24 heavy (non-hydrogen) atoms. The molecule has 3 nitrogen and oxygen atoms in total. The Morgan fingerprint density at radius 2 is 1.62 bits per heavy atom. The van der Waals surface area contributed by atoms with Gasteiger partial charge in [-0.25, -0.2) is 13.3 Å². The zero-order valence-corrected chi connectivity index (χ0v) is 12.5. The fraction of sp³-hybridized carbons (Fsp3) is 0. The van der Waals surface area contributed by atoms with Gasteiger partial charge in [0.15, 0.2) is 17.3 Å². The van der Waals surface area contributed by atoms with Crippen molar-refractivity contribution < 1.29 is 13.5 Å². The highest BCUT2D eigenvalue weighted by atomic mass is 19.1. The molecule has 2 heterocycles. The minimum absolute atomic E-state index is 0.136. The normalized spacial score (nSPS) is 10.9. The van der Waals surface area contributed by atoms with Crippen molar-refractivity contribution in [1.82, 2.24) is 9.61 Å². The first-order valence-electron chi connectivity index (χ1n) is 7.37. The Morgan fingerprint density at radius 1 is 0.833 bits per heavy atom. The molecule has 0 amide bonds. The third-order valence-electron chi connectivity index (χ3n) is 3.73. The summed E-state index contributed by atoms with van der Waals surface area (Å²) in [6.45, 7) is 0. The molecule has 0 bridgehead atoms. The van der Waals surface area contributed by atoms with Crippen molar-refractivity contribution in [2.75, 3.05) is 0 Å². The molecule has 0 saturated carbocycles. The largest absolute Gasteiger partial charge is 0.452 e. The second-order valence-electron chi connectivity index (χ2n) is 5.26. The van der Waals surface area contributed by atoms with Gasteiger partial charge in [-0.1, -0.05) is 24.3 Å². The van der Waals surface area contributed by atoms with Crippen molar-refractivity contribution in [2.24, 2.45) is 0 Å². The summed E-state index contributed by atoms with van der Waals surface area (Å²) in [5.41, 5.74) is 2.34. The summed E-state index contributed by atoms with van der Waals surface area (Å²) < 4.78 is 34.5. The third kappa shape index (κ3) is 2.50. The van der Waals surface area contributed by atoms with Gasteiger partial charge in [0.1, 0.15) is 11.3 Å². The summed E-state index contributed by atoms with van der Waals surface area (Å²) in [5.74, 6) is -0.137. The van der Waals surface area contributed by atoms with Gasteiger partial charge in [-0.05, 0) is 35.9 Å². The van der Waals surface area contributed by atoms with Crippen LogP contribution in [0.5, 0.6) is 11.5 Å². The van der Waals surface area contributed by atoms with Gasteiger partial charge in [0.05, 0.1) is 6.20 Å². The summed E-state index contributed by atoms with van der Waals surface area (Å²) in [6.07, 6.45) is 3.36. The lowest BCUT2D eigenvalue weighted by Gasteiger charge is -2.10. The van der Waals surface area contributed by atoms with Gasteiger partial charge in [0.25, 0.3) is 0 Å². The lowest BCUT2D eigenvalue weighted by molar-refractivity contribution is 0.444. The Hall–Kier alpha value is -3.21. The van der Waals surface area contributed by atoms with Crippen molar-refractivity contribution in [3.05, 3.63) is 84.7 Å². The molecular formula is C19H12F2N2O. The minimum atomic E-state index is -0.442. The van der Waals surface area contributed by atoms with Gasteiger partial charge in [-0.3, -0.25) is 0 Å². The second kappa shape index (κ2) is 5.77. The molecule has 0 spiro atoms. The molecule has 4 rings (SSSR count). The molecule has 4 aromatic rings. The van der Waals surface area contributed by atoms with E-state index in [4.69, 9.17) is 4.74 Å². The number of hydrogen-bond acceptors (Lipinski definition) is 2. The first-order valence-corrected chi connectivity index (χ1v) is 7.37. The molecule has 0 saturated heterocycles. The molecule has 0 aliphatic carbocycles. The van der Waals surface area contributed by atoms with Crippen LogP contribution >= 0.6 is 0 Å². The van der Waals surface area contributed by atoms with E-state index < -0.39 is 5.82 Å². The van der Waals surface area contributed by atoms with E-state index in [9.17, 15) is 8.78 Å². The van der Waals surface area contributed by atoms with Crippen molar-refractivity contribution >= 4 is 5.52 Å². The molecular weight excluding hydrogens is 310 g/mol. The van der Waals surface area contributed by atoms with E-state index in [0.29, 0.717) is 11.3 Å². The van der Waals surface area contributed by atoms with Crippen LogP contribution in [0.15, 0.2) is 73.1 Å². The van der Waals surface area contributed by atoms with E-state index in [1.807, 2.05) is 6.07 Å². The Balaban J connectivity index is 1.86. The quantitative estimate of drug-likeness (QED) is 0.526. The number of fused-ring (bicyclic) bond motifs is 1. The predicted molar refractivity (Wildman–Crippen MR) is 87.1 cm³/mol. The number of nitrogens with zero attached hydrogens (tertiary/aromatic N) is 2. The van der Waals surface area contributed by atoms with E-state index >= 15 is 0 Å². The van der Waals surface area contributed by atoms with E-state index in [1.165, 1.54) is 18.2 Å². The van der Waals surface area contributed by atoms with Crippen LogP contribution in [-0.4, -0.2) is 9.61 Å². The van der Waals surface area contributed by atoms with Crippen LogP contribution in [-0.2, 0) is 0 Å². The first-order chi connectivity index (χ1) is 11.7. The lowest BCUT2D eigenvalue weighted by atomic mass is 10.1. The SMILES string of the molecule is Fc1ccc(-c2ccn3nccc(Oc4ccccc4F)c23)cc1. The number of para-hydroxylation sites is 1. The summed E-state index contributed by atoms with van der Waals surface area (Å²) in [6, 6.07) is 15.9. The lowest BCUT2D eigenvalue weighted by Crippen LogP contribution is -1.95. The van der Waals surface area contributed by atoms with E-state index in [2.05, 4.69) is 5.10 Å². The molecule has 2 aromatic carbocycles. The third-order valence-corrected chi connectivity index (χ3v) is 3.73. The van der Waals surface area contributed by atoms with E-state index in [0.717, 1.165) is 11.1 Å². The zero-order chi connectivity index (χ0) is 16.5. The van der Waals surface area contributed by atoms with Crippen molar-refractivity contribution in [2.45, 2.75) is 0 Å². The topological polar surface area (TPSA) is 26.5 Å². The summed E-state index contributed by atoms with van der Waals surface area (Å²) in [7, 11) is 0. The highest BCUT2D eigenvalue weighted by Crippen LogP contribution is 2.34. The minimum Gasteiger partial charge on any atom is -0.452 e. The van der Waals surface area contributed by atoms with Crippen LogP contribution in [0.25, 0.3) is 16.6 Å². The van der Waals surface area contributed by atoms with Gasteiger partial charge < -0.3 is 4.74 Å². The van der Waals surface area contributed by atoms with Crippen LogP contribution in [0, 0.1) is 11.6 Å². The standard InChI is InChI=1S/C19H12F2N2O/c20-14-7-5-13(6-8-14)15-10-12-23-19(15)18(9-11-22-23)24-17-4-2-1-3-16(17)21/h1-12H. The summed E-state index contributed by atoms with van der Waals surface area (Å²) in [4.78, 5) is 0. The van der Waals surface area contributed by atoms with E-state index in [-0.39, 0.29) is 11.6 Å². The van der Waals surface area contributed by atoms with Crippen LogP contribution < -0.4 is 4.74 Å². The number of rotatable bonds is 3. The van der Waals surface area contributed by atoms with Crippen LogP contribution in [0.2, 0.25) is 0 Å². The molecule has 2 aromatic heterocycles. The van der Waals surface area contributed by atoms with Gasteiger partial charge in [-0.15, -0.1) is 0 Å². The molecule has 0 aliphatic rings. The average Bonchev–Trinajstić information content (AvgIpc) is 3.03. The zero-order valence-electron chi connectivity index (χ0n) is 12.5. The molecule has 118 valence electrons. The second-order valence-corrected chi connectivity index (χ2v) is 5.26. The van der Waals surface area contributed by atoms with Gasteiger partial charge >= 0.3 is 0 Å². The highest BCUT2D eigenvalue weighted by molar-refractivity contribution is 5.85. The number of aromatic nitrogens is 2. The maximum absolute atomic E-state index is 13.9. The van der Waals surface area contributed by atoms with Crippen LogP contribution in [0.4, 0.5) is 8.78 Å². The number of benzene rings is 2. The summed E-state index contributed by atoms with van der Waals surface area (Å²) >= 11 is 0. The molecule has 5 heteroatoms. The monoisotopic (exact) mass is 322 g/mol. The molecule has 0 aliphatic heterocycles. The molecule has 0 radical (unpaired) electrons. The highest BCUT2D eigenvalue weighted by Gasteiger charge is 2.13. The van der Waals surface area contributed by atoms with Gasteiger partial charge in [0.2, 0.25) is 0 Å². The Bertz CT molecular complexity index is 1010. The van der Waals surface area contributed by atoms with Gasteiger partial charge in [-0.2, -0.15) is 5.10 Å². The molecule has 0 unspecified atom stereocenters. The maximum atomic E-state index is 13.9. The van der Waals surface area contributed by atoms with Gasteiger partial charge in [0, 0.05) is 17.8 Å². The van der Waals surface area contributed by atoms with Crippen LogP contribution in [0.3, 0.4) is 0 Å². The Labute approximate surface area is 136 Å². The smallest absolute Gasteiger partial charge is 0.165 e. The molecule has 0 N–H and O–H groups in total. The fourth-order valence-corrected chi connectivity index (χ4v) is 2.61. The molecule has 0 fully saturated rings. The molecule has 0 atom stereocenters. The van der Waals surface area contributed by atoms with Crippen molar-refractivity contribution in [3.8, 4) is 22.6 Å². The average molecular weight is 322 g/mol. The number of ether oxygens (including phenoxy) is 1. The summed E-state index contributed by atoms with van der Waals surface area (Å²) in [5, 5.41) is 4.24. The Morgan fingerprint density at radius 3 is 2.42 bits per heavy atom. The van der Waals surface area contributed by atoms with Crippen molar-refractivity contribution in [3.63, 3.8) is 0 Å². The number of hydrogen-bond donors (Lipinski definition) is 0. The van der Waals surface area contributed by atoms with E-state index in [1.54, 1.807) is 53.3 Å². The van der Waals surface area contributed by atoms with Crippen LogP contribution in [0.1, 0.15) is 0 Å². The first kappa shape index (κ1) is 14.4. The predicted octanol–water partition coefficient (Wildman–Crippen LogP) is 5.07. The fourth-order valence-electron chi connectivity index (χ4n) is 2.61. The Kier molecular flexibility index (Phi) is 3.46. The maximum Gasteiger partial charge on any atom is 0.165 e.